The average Bonchev–Trinajstić information content (AvgIpc) is 3.41. The quantitative estimate of drug-likeness (QED) is 0.558. The Hall–Kier alpha value is -2.95. The van der Waals surface area contributed by atoms with Gasteiger partial charge in [-0.15, -0.1) is 0 Å². The minimum absolute atomic E-state index is 0.00670. The van der Waals surface area contributed by atoms with Crippen LogP contribution in [0.5, 0.6) is 5.75 Å². The molecule has 9 nitrogen and oxygen atoms in total. The minimum atomic E-state index is -3.75. The largest absolute Gasteiger partial charge is 0.496 e. The molecule has 0 saturated carbocycles. The van der Waals surface area contributed by atoms with Gasteiger partial charge in [0, 0.05) is 26.2 Å². The number of methoxy groups -OCH3 is 1. The summed E-state index contributed by atoms with van der Waals surface area (Å²) in [4.78, 5) is 26.1. The van der Waals surface area contributed by atoms with E-state index in [0.29, 0.717) is 43.4 Å². The molecule has 194 valence electrons. The molecule has 2 aliphatic heterocycles. The Morgan fingerprint density at radius 2 is 1.81 bits per heavy atom. The van der Waals surface area contributed by atoms with E-state index < -0.39 is 15.9 Å². The van der Waals surface area contributed by atoms with Gasteiger partial charge >= 0.3 is 0 Å². The van der Waals surface area contributed by atoms with Crippen LogP contribution in [0.3, 0.4) is 0 Å². The van der Waals surface area contributed by atoms with Crippen molar-refractivity contribution in [2.75, 3.05) is 38.7 Å². The van der Waals surface area contributed by atoms with E-state index in [1.807, 2.05) is 0 Å². The molecular formula is C26H33N3O6S. The molecule has 0 aromatic heterocycles. The van der Waals surface area contributed by atoms with Crippen molar-refractivity contribution in [3.63, 3.8) is 0 Å². The van der Waals surface area contributed by atoms with Gasteiger partial charge in [0.2, 0.25) is 10.0 Å². The van der Waals surface area contributed by atoms with E-state index in [0.717, 1.165) is 25.7 Å². The van der Waals surface area contributed by atoms with Crippen LogP contribution < -0.4 is 15.4 Å². The molecule has 2 N–H and O–H groups in total. The Bertz CT molecular complexity index is 1200. The highest BCUT2D eigenvalue weighted by molar-refractivity contribution is 7.89. The third-order valence-corrected chi connectivity index (χ3v) is 8.62. The van der Waals surface area contributed by atoms with Crippen molar-refractivity contribution in [2.45, 2.75) is 43.6 Å². The van der Waals surface area contributed by atoms with Crippen LogP contribution in [0.15, 0.2) is 47.4 Å². The molecule has 4 rings (SSSR count). The Kier molecular flexibility index (Phi) is 8.28. The highest BCUT2D eigenvalue weighted by Gasteiger charge is 2.29. The number of rotatable bonds is 8. The van der Waals surface area contributed by atoms with E-state index in [-0.39, 0.29) is 28.2 Å². The maximum absolute atomic E-state index is 13.3. The van der Waals surface area contributed by atoms with Crippen LogP contribution in [0, 0.1) is 5.92 Å². The molecule has 0 bridgehead atoms. The summed E-state index contributed by atoms with van der Waals surface area (Å²) in [5.74, 6) is -0.185. The number of carbonyl (C=O) groups is 2. The zero-order valence-corrected chi connectivity index (χ0v) is 21.5. The molecule has 2 aromatic rings. The summed E-state index contributed by atoms with van der Waals surface area (Å²) in [5, 5.41) is 5.62. The van der Waals surface area contributed by atoms with E-state index in [1.54, 1.807) is 24.3 Å². The molecule has 0 unspecified atom stereocenters. The summed E-state index contributed by atoms with van der Waals surface area (Å²) in [6.45, 7) is 4.10. The number of nitrogens with zero attached hydrogens (tertiary/aromatic N) is 1. The van der Waals surface area contributed by atoms with Gasteiger partial charge in [-0.1, -0.05) is 19.1 Å². The maximum Gasteiger partial charge on any atom is 0.259 e. The van der Waals surface area contributed by atoms with E-state index in [9.17, 15) is 18.0 Å². The molecule has 2 heterocycles. The fraction of sp³-hybridized carbons (Fsp3) is 0.462. The number of ether oxygens (including phenoxy) is 2. The molecule has 0 spiro atoms. The van der Waals surface area contributed by atoms with E-state index in [4.69, 9.17) is 9.47 Å². The summed E-state index contributed by atoms with van der Waals surface area (Å²) >= 11 is 0. The van der Waals surface area contributed by atoms with Crippen molar-refractivity contribution >= 4 is 27.5 Å². The third-order valence-electron chi connectivity index (χ3n) is 6.73. The molecule has 0 radical (unpaired) electrons. The summed E-state index contributed by atoms with van der Waals surface area (Å²) in [6.07, 6.45) is 3.46. The fourth-order valence-corrected chi connectivity index (χ4v) is 5.98. The minimum Gasteiger partial charge on any atom is -0.496 e. The topological polar surface area (TPSA) is 114 Å². The number of hydrogen-bond donors (Lipinski definition) is 2. The van der Waals surface area contributed by atoms with Gasteiger partial charge in [-0.25, -0.2) is 8.42 Å². The number of para-hydroxylation sites is 1. The highest BCUT2D eigenvalue weighted by Crippen LogP contribution is 2.28. The predicted molar refractivity (Wildman–Crippen MR) is 136 cm³/mol. The Morgan fingerprint density at radius 1 is 1.06 bits per heavy atom. The van der Waals surface area contributed by atoms with E-state index in [2.05, 4.69) is 17.6 Å². The summed E-state index contributed by atoms with van der Waals surface area (Å²) < 4.78 is 38.8. The number of amides is 2. The Labute approximate surface area is 212 Å². The molecule has 1 atom stereocenters. The molecule has 10 heteroatoms. The van der Waals surface area contributed by atoms with Crippen molar-refractivity contribution in [1.29, 1.82) is 0 Å². The fourth-order valence-electron chi connectivity index (χ4n) is 4.49. The van der Waals surface area contributed by atoms with Crippen LogP contribution in [-0.4, -0.2) is 64.0 Å². The molecular weight excluding hydrogens is 482 g/mol. The van der Waals surface area contributed by atoms with Crippen molar-refractivity contribution in [3.05, 3.63) is 53.6 Å². The van der Waals surface area contributed by atoms with Gasteiger partial charge in [0.1, 0.15) is 5.75 Å². The van der Waals surface area contributed by atoms with Crippen LogP contribution in [-0.2, 0) is 14.8 Å². The van der Waals surface area contributed by atoms with Gasteiger partial charge in [-0.05, 0) is 61.9 Å². The zero-order chi connectivity index (χ0) is 25.7. The maximum atomic E-state index is 13.3. The number of carbonyl (C=O) groups excluding carboxylic acids is 2. The number of hydrogen-bond acceptors (Lipinski definition) is 6. The Morgan fingerprint density at radius 3 is 2.50 bits per heavy atom. The van der Waals surface area contributed by atoms with Crippen LogP contribution in [0.4, 0.5) is 5.69 Å². The SMILES string of the molecule is COc1ccc(S(=O)(=O)N2CCC(C)CC2)cc1C(=O)Nc1ccccc1C(=O)NC[C@H]1CCCO1. The van der Waals surface area contributed by atoms with Crippen LogP contribution >= 0.6 is 0 Å². The summed E-state index contributed by atoms with van der Waals surface area (Å²) in [6, 6.07) is 10.9. The number of anilines is 1. The van der Waals surface area contributed by atoms with Crippen molar-refractivity contribution < 1.29 is 27.5 Å². The van der Waals surface area contributed by atoms with Crippen LogP contribution in [0.1, 0.15) is 53.3 Å². The lowest BCUT2D eigenvalue weighted by molar-refractivity contribution is 0.0858. The standard InChI is InChI=1S/C26H33N3O6S/c1-18-11-13-29(14-12-18)36(32,33)20-9-10-24(34-2)22(16-20)26(31)28-23-8-4-3-7-21(23)25(30)27-17-19-6-5-15-35-19/h3-4,7-10,16,18-19H,5-6,11-15,17H2,1-2H3,(H,27,30)(H,28,31)/t19-/m1/s1. The number of nitrogens with one attached hydrogen (secondary N) is 2. The molecule has 2 aromatic carbocycles. The second-order valence-corrected chi connectivity index (χ2v) is 11.2. The monoisotopic (exact) mass is 515 g/mol. The smallest absolute Gasteiger partial charge is 0.259 e. The number of sulfonamides is 1. The molecule has 2 aliphatic rings. The summed E-state index contributed by atoms with van der Waals surface area (Å²) in [7, 11) is -2.34. The molecule has 2 amide bonds. The average molecular weight is 516 g/mol. The van der Waals surface area contributed by atoms with Gasteiger partial charge in [-0.2, -0.15) is 4.31 Å². The first-order chi connectivity index (χ1) is 17.3. The first-order valence-electron chi connectivity index (χ1n) is 12.3. The lowest BCUT2D eigenvalue weighted by Crippen LogP contribution is -2.38. The molecule has 36 heavy (non-hydrogen) atoms. The van der Waals surface area contributed by atoms with Gasteiger partial charge in [-0.3, -0.25) is 9.59 Å². The van der Waals surface area contributed by atoms with E-state index in [1.165, 1.54) is 29.6 Å². The Balaban J connectivity index is 1.54. The van der Waals surface area contributed by atoms with E-state index >= 15 is 0 Å². The normalized spacial score (nSPS) is 19.1. The number of benzene rings is 2. The van der Waals surface area contributed by atoms with Crippen molar-refractivity contribution in [2.24, 2.45) is 5.92 Å². The lowest BCUT2D eigenvalue weighted by atomic mass is 10.0. The predicted octanol–water partition coefficient (Wildman–Crippen LogP) is 3.28. The second-order valence-electron chi connectivity index (χ2n) is 9.29. The summed E-state index contributed by atoms with van der Waals surface area (Å²) in [5.41, 5.74) is 0.681. The van der Waals surface area contributed by atoms with Crippen molar-refractivity contribution in [1.82, 2.24) is 9.62 Å². The van der Waals surface area contributed by atoms with Gasteiger partial charge in [0.05, 0.1) is 34.9 Å². The van der Waals surface area contributed by atoms with Crippen molar-refractivity contribution in [3.8, 4) is 5.75 Å². The molecule has 2 saturated heterocycles. The number of piperidine rings is 1. The molecule has 2 fully saturated rings. The molecule has 0 aliphatic carbocycles. The first-order valence-corrected chi connectivity index (χ1v) is 13.7. The highest BCUT2D eigenvalue weighted by atomic mass is 32.2. The van der Waals surface area contributed by atoms with Crippen LogP contribution in [0.25, 0.3) is 0 Å². The van der Waals surface area contributed by atoms with Crippen LogP contribution in [0.2, 0.25) is 0 Å². The zero-order valence-electron chi connectivity index (χ0n) is 20.7. The van der Waals surface area contributed by atoms with Gasteiger partial charge < -0.3 is 20.1 Å². The lowest BCUT2D eigenvalue weighted by Gasteiger charge is -2.29. The van der Waals surface area contributed by atoms with Gasteiger partial charge in [0.15, 0.2) is 0 Å². The van der Waals surface area contributed by atoms with Gasteiger partial charge in [0.25, 0.3) is 11.8 Å². The first kappa shape index (κ1) is 26.1. The third kappa shape index (κ3) is 5.88. The second kappa shape index (κ2) is 11.4.